The molecule has 1 aromatic carbocycles. The maximum absolute atomic E-state index is 5.53. The average Bonchev–Trinajstić information content (AvgIpc) is 2.41. The number of halogens is 1. The van der Waals surface area contributed by atoms with E-state index in [2.05, 4.69) is 32.6 Å². The van der Waals surface area contributed by atoms with Gasteiger partial charge >= 0.3 is 6.01 Å². The van der Waals surface area contributed by atoms with Crippen LogP contribution in [0.5, 0.6) is 23.3 Å². The van der Waals surface area contributed by atoms with Gasteiger partial charge in [0, 0.05) is 34.2 Å². The summed E-state index contributed by atoms with van der Waals surface area (Å²) in [4.78, 5) is 8.12. The number of nitrogens with zero attached hydrogens (tertiary/aromatic N) is 2. The molecule has 0 spiro atoms. The fraction of sp³-hybridized carbons (Fsp3) is 0.167. The van der Waals surface area contributed by atoms with Crippen LogP contribution in [0.1, 0.15) is 0 Å². The van der Waals surface area contributed by atoms with Gasteiger partial charge in [-0.25, -0.2) is 9.97 Å². The van der Waals surface area contributed by atoms with Gasteiger partial charge in [0.2, 0.25) is 0 Å². The van der Waals surface area contributed by atoms with Crippen molar-refractivity contribution < 1.29 is 14.2 Å². The van der Waals surface area contributed by atoms with E-state index in [1.165, 1.54) is 0 Å². The van der Waals surface area contributed by atoms with E-state index in [1.807, 2.05) is 0 Å². The highest BCUT2D eigenvalue weighted by molar-refractivity contribution is 14.1. The Hall–Kier alpha value is -1.57. The van der Waals surface area contributed by atoms with Crippen molar-refractivity contribution in [3.05, 3.63) is 34.2 Å². The Morgan fingerprint density at radius 1 is 0.889 bits per heavy atom. The van der Waals surface area contributed by atoms with Crippen LogP contribution in [0, 0.1) is 3.57 Å². The van der Waals surface area contributed by atoms with Gasteiger partial charge in [-0.2, -0.15) is 0 Å². The molecule has 2 rings (SSSR count). The number of ether oxygens (including phenoxy) is 3. The van der Waals surface area contributed by atoms with Gasteiger partial charge < -0.3 is 14.2 Å². The third kappa shape index (κ3) is 3.22. The molecule has 2 aromatic rings. The second-order valence-electron chi connectivity index (χ2n) is 3.33. The molecule has 0 aliphatic carbocycles. The van der Waals surface area contributed by atoms with Crippen molar-refractivity contribution in [1.29, 1.82) is 0 Å². The minimum absolute atomic E-state index is 0.283. The number of hydrogen-bond donors (Lipinski definition) is 0. The highest BCUT2D eigenvalue weighted by atomic mass is 127. The number of hydrogen-bond acceptors (Lipinski definition) is 5. The van der Waals surface area contributed by atoms with E-state index in [0.717, 1.165) is 3.57 Å². The Morgan fingerprint density at radius 3 is 1.89 bits per heavy atom. The maximum Gasteiger partial charge on any atom is 0.321 e. The van der Waals surface area contributed by atoms with E-state index in [4.69, 9.17) is 14.2 Å². The first-order valence-corrected chi connectivity index (χ1v) is 6.17. The molecule has 0 aliphatic heterocycles. The van der Waals surface area contributed by atoms with Gasteiger partial charge in [0.1, 0.15) is 17.2 Å². The lowest BCUT2D eigenvalue weighted by Crippen LogP contribution is -1.93. The summed E-state index contributed by atoms with van der Waals surface area (Å²) in [6.07, 6.45) is 3.36. The molecule has 0 bridgehead atoms. The van der Waals surface area contributed by atoms with Crippen LogP contribution >= 0.6 is 22.6 Å². The summed E-state index contributed by atoms with van der Waals surface area (Å²) in [5, 5.41) is 0. The van der Waals surface area contributed by atoms with Gasteiger partial charge in [-0.05, 0) is 22.6 Å². The second kappa shape index (κ2) is 5.85. The summed E-state index contributed by atoms with van der Waals surface area (Å²) in [5.74, 6) is 1.86. The fourth-order valence-electron chi connectivity index (χ4n) is 1.30. The van der Waals surface area contributed by atoms with Gasteiger partial charge in [-0.15, -0.1) is 0 Å². The van der Waals surface area contributed by atoms with Crippen LogP contribution in [0.25, 0.3) is 0 Å². The van der Waals surface area contributed by atoms with Crippen molar-refractivity contribution in [1.82, 2.24) is 9.97 Å². The van der Waals surface area contributed by atoms with Gasteiger partial charge in [0.15, 0.2) is 0 Å². The van der Waals surface area contributed by atoms with Crippen molar-refractivity contribution in [2.75, 3.05) is 14.2 Å². The number of aromatic nitrogens is 2. The minimum Gasteiger partial charge on any atom is -0.496 e. The summed E-state index contributed by atoms with van der Waals surface area (Å²) in [6, 6.07) is 5.53. The monoisotopic (exact) mass is 358 g/mol. The predicted octanol–water partition coefficient (Wildman–Crippen LogP) is 2.89. The van der Waals surface area contributed by atoms with Crippen LogP contribution in [0.4, 0.5) is 0 Å². The summed E-state index contributed by atoms with van der Waals surface area (Å²) in [7, 11) is 3.17. The van der Waals surface area contributed by atoms with Gasteiger partial charge in [0.25, 0.3) is 0 Å². The largest absolute Gasteiger partial charge is 0.496 e. The molecule has 0 amide bonds. The van der Waals surface area contributed by atoms with Crippen LogP contribution in [0.15, 0.2) is 30.6 Å². The number of methoxy groups -OCH3 is 2. The zero-order chi connectivity index (χ0) is 13.0. The van der Waals surface area contributed by atoms with E-state index < -0.39 is 0 Å². The maximum atomic E-state index is 5.53. The molecule has 6 heteroatoms. The molecule has 0 saturated carbocycles. The van der Waals surface area contributed by atoms with Crippen LogP contribution < -0.4 is 14.2 Å². The molecule has 94 valence electrons. The third-order valence-corrected chi connectivity index (χ3v) is 2.69. The van der Waals surface area contributed by atoms with E-state index in [1.54, 1.807) is 44.8 Å². The van der Waals surface area contributed by atoms with Gasteiger partial charge in [0.05, 0.1) is 14.2 Å². The normalized spacial score (nSPS) is 9.94. The SMILES string of the molecule is COc1cc(OC)cc(Oc2ncc(I)cn2)c1. The first-order valence-electron chi connectivity index (χ1n) is 5.09. The number of benzene rings is 1. The van der Waals surface area contributed by atoms with E-state index in [-0.39, 0.29) is 6.01 Å². The molecule has 5 nitrogen and oxygen atoms in total. The Kier molecular flexibility index (Phi) is 4.19. The van der Waals surface area contributed by atoms with E-state index in [0.29, 0.717) is 17.2 Å². The van der Waals surface area contributed by atoms with Crippen molar-refractivity contribution in [3.63, 3.8) is 0 Å². The third-order valence-electron chi connectivity index (χ3n) is 2.13. The summed E-state index contributed by atoms with van der Waals surface area (Å²) < 4.78 is 16.8. The van der Waals surface area contributed by atoms with E-state index >= 15 is 0 Å². The Labute approximate surface area is 118 Å². The van der Waals surface area contributed by atoms with Gasteiger partial charge in [-0.3, -0.25) is 0 Å². The number of rotatable bonds is 4. The standard InChI is InChI=1S/C12H11IN2O3/c1-16-9-3-10(17-2)5-11(4-9)18-12-14-6-8(13)7-15-12/h3-7H,1-2H3. The summed E-state index contributed by atoms with van der Waals surface area (Å²) in [6.45, 7) is 0. The second-order valence-corrected chi connectivity index (χ2v) is 4.58. The summed E-state index contributed by atoms with van der Waals surface area (Å²) in [5.41, 5.74) is 0. The first kappa shape index (κ1) is 12.9. The molecule has 1 aromatic heterocycles. The van der Waals surface area contributed by atoms with Crippen LogP contribution in [0.2, 0.25) is 0 Å². The van der Waals surface area contributed by atoms with Gasteiger partial charge in [-0.1, -0.05) is 0 Å². The quantitative estimate of drug-likeness (QED) is 0.787. The Bertz CT molecular complexity index is 509. The Morgan fingerprint density at radius 2 is 1.39 bits per heavy atom. The highest BCUT2D eigenvalue weighted by Gasteiger charge is 2.05. The fourth-order valence-corrected chi connectivity index (χ4v) is 1.58. The summed E-state index contributed by atoms with van der Waals surface area (Å²) >= 11 is 2.13. The molecule has 0 unspecified atom stereocenters. The molecule has 0 N–H and O–H groups in total. The van der Waals surface area contributed by atoms with Crippen molar-refractivity contribution in [3.8, 4) is 23.3 Å². The first-order chi connectivity index (χ1) is 8.71. The molecule has 0 saturated heterocycles. The highest BCUT2D eigenvalue weighted by Crippen LogP contribution is 2.29. The molecular formula is C12H11IN2O3. The average molecular weight is 358 g/mol. The zero-order valence-electron chi connectivity index (χ0n) is 9.88. The molecule has 0 atom stereocenters. The molecule has 1 heterocycles. The smallest absolute Gasteiger partial charge is 0.321 e. The molecule has 0 radical (unpaired) electrons. The predicted molar refractivity (Wildman–Crippen MR) is 74.4 cm³/mol. The molecule has 0 aliphatic rings. The lowest BCUT2D eigenvalue weighted by molar-refractivity contribution is 0.382. The van der Waals surface area contributed by atoms with Crippen LogP contribution in [-0.4, -0.2) is 24.2 Å². The Balaban J connectivity index is 2.25. The lowest BCUT2D eigenvalue weighted by atomic mass is 10.3. The zero-order valence-corrected chi connectivity index (χ0v) is 12.0. The molecule has 0 fully saturated rings. The van der Waals surface area contributed by atoms with Crippen molar-refractivity contribution in [2.45, 2.75) is 0 Å². The molecular weight excluding hydrogens is 347 g/mol. The topological polar surface area (TPSA) is 53.5 Å². The van der Waals surface area contributed by atoms with Crippen LogP contribution in [-0.2, 0) is 0 Å². The van der Waals surface area contributed by atoms with Crippen molar-refractivity contribution in [2.24, 2.45) is 0 Å². The molecule has 18 heavy (non-hydrogen) atoms. The lowest BCUT2D eigenvalue weighted by Gasteiger charge is -2.08. The van der Waals surface area contributed by atoms with Crippen LogP contribution in [0.3, 0.4) is 0 Å². The minimum atomic E-state index is 0.283. The van der Waals surface area contributed by atoms with Crippen molar-refractivity contribution >= 4 is 22.6 Å². The van der Waals surface area contributed by atoms with E-state index in [9.17, 15) is 0 Å².